The van der Waals surface area contributed by atoms with Crippen LogP contribution in [0, 0.1) is 24.5 Å². The van der Waals surface area contributed by atoms with Crippen molar-refractivity contribution >= 4 is 11.8 Å². The van der Waals surface area contributed by atoms with Crippen molar-refractivity contribution in [2.24, 2.45) is 5.92 Å². The van der Waals surface area contributed by atoms with Gasteiger partial charge in [-0.15, -0.1) is 0 Å². The van der Waals surface area contributed by atoms with E-state index < -0.39 is 17.2 Å². The first-order valence-corrected chi connectivity index (χ1v) is 11.2. The van der Waals surface area contributed by atoms with E-state index in [-0.39, 0.29) is 17.6 Å². The minimum absolute atomic E-state index is 0.160. The summed E-state index contributed by atoms with van der Waals surface area (Å²) in [5, 5.41) is 4.50. The number of aromatic nitrogens is 2. The molecule has 0 saturated carbocycles. The number of halogens is 2. The normalized spacial score (nSPS) is 14.7. The van der Waals surface area contributed by atoms with Gasteiger partial charge in [-0.25, -0.2) is 18.3 Å². The summed E-state index contributed by atoms with van der Waals surface area (Å²) < 4.78 is 34.3. The molecule has 3 rings (SSSR count). The topological polar surface area (TPSA) is 67.7 Å². The maximum absolute atomic E-state index is 13.9. The van der Waals surface area contributed by atoms with Crippen LogP contribution in [0.1, 0.15) is 40.2 Å². The second kappa shape index (κ2) is 9.49. The van der Waals surface area contributed by atoms with E-state index in [4.69, 9.17) is 4.74 Å². The molecule has 0 radical (unpaired) electrons. The number of ether oxygens (including phenoxy) is 1. The number of piperazine rings is 1. The molecular weight excluding hydrogens is 430 g/mol. The molecule has 180 valence electrons. The van der Waals surface area contributed by atoms with E-state index in [0.717, 1.165) is 12.1 Å². The Hall–Kier alpha value is -2.97. The highest BCUT2D eigenvalue weighted by molar-refractivity contribution is 5.71. The van der Waals surface area contributed by atoms with Crippen LogP contribution in [0.25, 0.3) is 11.3 Å². The van der Waals surface area contributed by atoms with Gasteiger partial charge in [-0.3, -0.25) is 4.79 Å². The number of rotatable bonds is 4. The van der Waals surface area contributed by atoms with E-state index in [1.54, 1.807) is 11.8 Å². The zero-order valence-electron chi connectivity index (χ0n) is 20.1. The summed E-state index contributed by atoms with van der Waals surface area (Å²) in [6.45, 7) is 13.3. The van der Waals surface area contributed by atoms with Crippen molar-refractivity contribution < 1.29 is 18.3 Å². The first-order valence-electron chi connectivity index (χ1n) is 11.2. The third kappa shape index (κ3) is 5.69. The van der Waals surface area contributed by atoms with E-state index in [1.807, 2.05) is 39.5 Å². The van der Waals surface area contributed by atoms with Gasteiger partial charge in [0.25, 0.3) is 5.56 Å². The van der Waals surface area contributed by atoms with E-state index in [2.05, 4.69) is 5.10 Å². The van der Waals surface area contributed by atoms with E-state index in [1.165, 1.54) is 10.7 Å². The molecule has 1 saturated heterocycles. The number of nitrogens with zero attached hydrogens (tertiary/aromatic N) is 4. The Labute approximate surface area is 192 Å². The molecule has 2 aromatic rings. The number of anilines is 1. The molecule has 0 unspecified atom stereocenters. The quantitative estimate of drug-likeness (QED) is 0.681. The molecule has 1 aliphatic rings. The van der Waals surface area contributed by atoms with E-state index in [0.29, 0.717) is 55.2 Å². The number of carbonyl (C=O) groups excluding carboxylic acids is 1. The average molecular weight is 463 g/mol. The molecule has 0 N–H and O–H groups in total. The standard InChI is InChI=1S/C24H32F2N4O3/c1-15(2)14-30-22(31)21(16(3)20(27-30)17-7-8-18(25)19(26)13-17)28-9-11-29(12-10-28)23(32)33-24(4,5)6/h7-8,13,15H,9-12,14H2,1-6H3. The number of hydrogen-bond donors (Lipinski definition) is 0. The van der Waals surface area contributed by atoms with Gasteiger partial charge >= 0.3 is 6.09 Å². The fraction of sp³-hybridized carbons (Fsp3) is 0.542. The Morgan fingerprint density at radius 1 is 1.12 bits per heavy atom. The van der Waals surface area contributed by atoms with Gasteiger partial charge in [0, 0.05) is 43.9 Å². The van der Waals surface area contributed by atoms with Crippen LogP contribution < -0.4 is 10.5 Å². The Morgan fingerprint density at radius 3 is 2.30 bits per heavy atom. The lowest BCUT2D eigenvalue weighted by Crippen LogP contribution is -2.51. The summed E-state index contributed by atoms with van der Waals surface area (Å²) in [4.78, 5) is 29.3. The Morgan fingerprint density at radius 2 is 1.76 bits per heavy atom. The minimum Gasteiger partial charge on any atom is -0.444 e. The van der Waals surface area contributed by atoms with Crippen LogP contribution >= 0.6 is 0 Å². The molecule has 33 heavy (non-hydrogen) atoms. The number of hydrogen-bond acceptors (Lipinski definition) is 5. The summed E-state index contributed by atoms with van der Waals surface area (Å²) in [5.41, 5.74) is 1.07. The van der Waals surface area contributed by atoms with Gasteiger partial charge in [-0.2, -0.15) is 5.10 Å². The summed E-state index contributed by atoms with van der Waals surface area (Å²) >= 11 is 0. The third-order valence-electron chi connectivity index (χ3n) is 5.35. The maximum Gasteiger partial charge on any atom is 0.410 e. The van der Waals surface area contributed by atoms with Crippen molar-refractivity contribution in [1.82, 2.24) is 14.7 Å². The number of benzene rings is 1. The van der Waals surface area contributed by atoms with Gasteiger partial charge in [0.05, 0.1) is 5.69 Å². The average Bonchev–Trinajstić information content (AvgIpc) is 2.71. The van der Waals surface area contributed by atoms with Crippen molar-refractivity contribution in [3.05, 3.63) is 45.8 Å². The van der Waals surface area contributed by atoms with E-state index in [9.17, 15) is 18.4 Å². The van der Waals surface area contributed by atoms with Crippen LogP contribution in [-0.2, 0) is 11.3 Å². The number of carbonyl (C=O) groups is 1. The van der Waals surface area contributed by atoms with Gasteiger partial charge in [-0.1, -0.05) is 13.8 Å². The van der Waals surface area contributed by atoms with Gasteiger partial charge < -0.3 is 14.5 Å². The largest absolute Gasteiger partial charge is 0.444 e. The molecule has 1 amide bonds. The monoisotopic (exact) mass is 462 g/mol. The van der Waals surface area contributed by atoms with E-state index >= 15 is 0 Å². The third-order valence-corrected chi connectivity index (χ3v) is 5.35. The molecule has 9 heteroatoms. The zero-order valence-corrected chi connectivity index (χ0v) is 20.1. The molecular formula is C24H32F2N4O3. The lowest BCUT2D eigenvalue weighted by Gasteiger charge is -2.37. The molecule has 2 heterocycles. The summed E-state index contributed by atoms with van der Waals surface area (Å²) in [6, 6.07) is 3.62. The highest BCUT2D eigenvalue weighted by Crippen LogP contribution is 2.28. The first-order chi connectivity index (χ1) is 15.4. The second-order valence-corrected chi connectivity index (χ2v) is 9.79. The molecule has 0 spiro atoms. The van der Waals surface area contributed by atoms with Crippen LogP contribution in [0.2, 0.25) is 0 Å². The molecule has 1 aromatic carbocycles. The minimum atomic E-state index is -0.970. The molecule has 0 bridgehead atoms. The molecule has 0 atom stereocenters. The Balaban J connectivity index is 1.97. The fourth-order valence-corrected chi connectivity index (χ4v) is 3.83. The summed E-state index contributed by atoms with van der Waals surface area (Å²) in [7, 11) is 0. The predicted molar refractivity (Wildman–Crippen MR) is 123 cm³/mol. The van der Waals surface area contributed by atoms with Crippen molar-refractivity contribution in [3.63, 3.8) is 0 Å². The van der Waals surface area contributed by atoms with Crippen LogP contribution in [0.3, 0.4) is 0 Å². The zero-order chi connectivity index (χ0) is 24.5. The van der Waals surface area contributed by atoms with Gasteiger partial charge in [0.1, 0.15) is 11.3 Å². The van der Waals surface area contributed by atoms with Crippen LogP contribution in [0.5, 0.6) is 0 Å². The first kappa shape index (κ1) is 24.7. The Kier molecular flexibility index (Phi) is 7.09. The van der Waals surface area contributed by atoms with Crippen LogP contribution in [0.4, 0.5) is 19.3 Å². The summed E-state index contributed by atoms with van der Waals surface area (Å²) in [6.07, 6.45) is -0.381. The van der Waals surface area contributed by atoms with Gasteiger partial charge in [0.2, 0.25) is 0 Å². The second-order valence-electron chi connectivity index (χ2n) is 9.79. The van der Waals surface area contributed by atoms with Crippen molar-refractivity contribution in [2.45, 2.75) is 53.7 Å². The van der Waals surface area contributed by atoms with Gasteiger partial charge in [0.15, 0.2) is 11.6 Å². The van der Waals surface area contributed by atoms with Crippen molar-refractivity contribution in [3.8, 4) is 11.3 Å². The van der Waals surface area contributed by atoms with Crippen molar-refractivity contribution in [2.75, 3.05) is 31.1 Å². The molecule has 0 aliphatic carbocycles. The number of amides is 1. The van der Waals surface area contributed by atoms with Crippen molar-refractivity contribution in [1.29, 1.82) is 0 Å². The maximum atomic E-state index is 13.9. The van der Waals surface area contributed by atoms with Crippen LogP contribution in [-0.4, -0.2) is 52.6 Å². The molecule has 1 fully saturated rings. The fourth-order valence-electron chi connectivity index (χ4n) is 3.83. The smallest absolute Gasteiger partial charge is 0.410 e. The van der Waals surface area contributed by atoms with Gasteiger partial charge in [-0.05, 0) is 51.8 Å². The van der Waals surface area contributed by atoms with Crippen LogP contribution in [0.15, 0.2) is 23.0 Å². The molecule has 7 nitrogen and oxygen atoms in total. The lowest BCUT2D eigenvalue weighted by atomic mass is 10.0. The molecule has 1 aliphatic heterocycles. The Bertz CT molecular complexity index is 1080. The summed E-state index contributed by atoms with van der Waals surface area (Å²) in [5.74, 6) is -1.75. The lowest BCUT2D eigenvalue weighted by molar-refractivity contribution is 0.0240. The highest BCUT2D eigenvalue weighted by atomic mass is 19.2. The molecule has 1 aromatic heterocycles. The SMILES string of the molecule is Cc1c(-c2ccc(F)c(F)c2)nn(CC(C)C)c(=O)c1N1CCN(C(=O)OC(C)(C)C)CC1. The predicted octanol–water partition coefficient (Wildman–Crippen LogP) is 4.21. The highest BCUT2D eigenvalue weighted by Gasteiger charge is 2.29.